The topological polar surface area (TPSA) is 112 Å². The summed E-state index contributed by atoms with van der Waals surface area (Å²) in [7, 11) is 0. The van der Waals surface area contributed by atoms with Crippen molar-refractivity contribution in [3.63, 3.8) is 0 Å². The van der Waals surface area contributed by atoms with Crippen LogP contribution in [-0.4, -0.2) is 37.4 Å². The molecule has 1 heterocycles. The Morgan fingerprint density at radius 1 is 0.829 bits per heavy atom. The minimum Gasteiger partial charge on any atom is -0.454 e. The smallest absolute Gasteiger partial charge is 0.408 e. The number of amides is 2. The Morgan fingerprint density at radius 2 is 1.51 bits per heavy atom. The molecule has 0 saturated carbocycles. The van der Waals surface area contributed by atoms with Crippen LogP contribution < -0.4 is 20.1 Å². The predicted molar refractivity (Wildman–Crippen MR) is 126 cm³/mol. The second-order valence-corrected chi connectivity index (χ2v) is 7.67. The highest BCUT2D eigenvalue weighted by Crippen LogP contribution is 2.34. The number of carbonyl (C=O) groups excluding carboxylic acids is 3. The molecular weight excluding hydrogens is 452 g/mol. The first-order valence-electron chi connectivity index (χ1n) is 10.9. The summed E-state index contributed by atoms with van der Waals surface area (Å²) in [6.07, 6.45) is -0.597. The lowest BCUT2D eigenvalue weighted by Crippen LogP contribution is -2.44. The van der Waals surface area contributed by atoms with Crippen molar-refractivity contribution < 1.29 is 33.3 Å². The summed E-state index contributed by atoms with van der Waals surface area (Å²) in [6, 6.07) is 22.2. The third-order valence-corrected chi connectivity index (χ3v) is 5.07. The number of rotatable bonds is 9. The van der Waals surface area contributed by atoms with Gasteiger partial charge in [-0.25, -0.2) is 9.59 Å². The van der Waals surface area contributed by atoms with Crippen molar-refractivity contribution in [2.75, 3.05) is 18.7 Å². The van der Waals surface area contributed by atoms with Gasteiger partial charge in [-0.05, 0) is 23.3 Å². The zero-order valence-electron chi connectivity index (χ0n) is 18.8. The molecule has 3 aromatic carbocycles. The summed E-state index contributed by atoms with van der Waals surface area (Å²) in [5, 5.41) is 5.17. The van der Waals surface area contributed by atoms with Crippen molar-refractivity contribution >= 4 is 23.7 Å². The van der Waals surface area contributed by atoms with Gasteiger partial charge in [-0.1, -0.05) is 60.7 Å². The van der Waals surface area contributed by atoms with E-state index in [1.807, 2.05) is 60.7 Å². The number of benzene rings is 3. The number of nitrogens with one attached hydrogen (secondary N) is 2. The minimum atomic E-state index is -1.04. The lowest BCUT2D eigenvalue weighted by Gasteiger charge is -2.18. The first-order valence-corrected chi connectivity index (χ1v) is 10.9. The molecule has 9 heteroatoms. The van der Waals surface area contributed by atoms with Gasteiger partial charge in [-0.3, -0.25) is 4.79 Å². The minimum absolute atomic E-state index is 0.0533. The number of carbonyl (C=O) groups is 3. The molecule has 180 valence electrons. The van der Waals surface area contributed by atoms with Crippen LogP contribution in [-0.2, 0) is 32.1 Å². The average Bonchev–Trinajstić information content (AvgIpc) is 3.35. The standard InChI is InChI=1S/C26H24N2O7/c29-24(27-20-11-12-22-23(14-20)35-17-34-22)16-32-25(30)21(13-18-7-3-1-4-8-18)28-26(31)33-15-19-9-5-2-6-10-19/h1-12,14,21H,13,15-17H2,(H,27,29)(H,28,31)/t21-/m0/s1. The summed E-state index contributed by atoms with van der Waals surface area (Å²) >= 11 is 0. The van der Waals surface area contributed by atoms with Gasteiger partial charge in [0.15, 0.2) is 18.1 Å². The van der Waals surface area contributed by atoms with E-state index in [-0.39, 0.29) is 19.8 Å². The van der Waals surface area contributed by atoms with E-state index in [0.29, 0.717) is 17.2 Å². The number of ether oxygens (including phenoxy) is 4. The second-order valence-electron chi connectivity index (χ2n) is 7.67. The fraction of sp³-hybridized carbons (Fsp3) is 0.192. The molecule has 0 bridgehead atoms. The van der Waals surface area contributed by atoms with Crippen LogP contribution in [0.2, 0.25) is 0 Å². The van der Waals surface area contributed by atoms with Gasteiger partial charge < -0.3 is 29.6 Å². The van der Waals surface area contributed by atoms with Crippen molar-refractivity contribution in [3.8, 4) is 11.5 Å². The highest BCUT2D eigenvalue weighted by Gasteiger charge is 2.24. The molecule has 3 aromatic rings. The van der Waals surface area contributed by atoms with Crippen LogP contribution >= 0.6 is 0 Å². The molecule has 35 heavy (non-hydrogen) atoms. The Morgan fingerprint density at radius 3 is 2.26 bits per heavy atom. The van der Waals surface area contributed by atoms with Crippen LogP contribution in [0.25, 0.3) is 0 Å². The van der Waals surface area contributed by atoms with Crippen molar-refractivity contribution in [2.24, 2.45) is 0 Å². The number of hydrogen-bond acceptors (Lipinski definition) is 7. The number of hydrogen-bond donors (Lipinski definition) is 2. The highest BCUT2D eigenvalue weighted by molar-refractivity contribution is 5.93. The molecule has 0 aliphatic carbocycles. The largest absolute Gasteiger partial charge is 0.454 e. The summed E-state index contributed by atoms with van der Waals surface area (Å²) in [5.41, 5.74) is 2.09. The van der Waals surface area contributed by atoms with Gasteiger partial charge in [-0.15, -0.1) is 0 Å². The van der Waals surface area contributed by atoms with E-state index in [1.165, 1.54) is 0 Å². The maximum Gasteiger partial charge on any atom is 0.408 e. The molecule has 1 aliphatic heterocycles. The third kappa shape index (κ3) is 6.97. The first-order chi connectivity index (χ1) is 17.1. The van der Waals surface area contributed by atoms with Crippen LogP contribution in [0.15, 0.2) is 78.9 Å². The van der Waals surface area contributed by atoms with Gasteiger partial charge in [0.25, 0.3) is 5.91 Å². The van der Waals surface area contributed by atoms with Crippen LogP contribution in [0.5, 0.6) is 11.5 Å². The van der Waals surface area contributed by atoms with Crippen LogP contribution in [0.3, 0.4) is 0 Å². The molecule has 0 spiro atoms. The van der Waals surface area contributed by atoms with Crippen molar-refractivity contribution in [1.82, 2.24) is 5.32 Å². The van der Waals surface area contributed by atoms with Gasteiger partial charge in [0.2, 0.25) is 6.79 Å². The normalized spacial score (nSPS) is 12.3. The molecule has 0 unspecified atom stereocenters. The van der Waals surface area contributed by atoms with Gasteiger partial charge in [-0.2, -0.15) is 0 Å². The van der Waals surface area contributed by atoms with Gasteiger partial charge >= 0.3 is 12.1 Å². The summed E-state index contributed by atoms with van der Waals surface area (Å²) < 4.78 is 20.9. The predicted octanol–water partition coefficient (Wildman–Crippen LogP) is 3.43. The quantitative estimate of drug-likeness (QED) is 0.455. The lowest BCUT2D eigenvalue weighted by atomic mass is 10.1. The van der Waals surface area contributed by atoms with Crippen LogP contribution in [0.4, 0.5) is 10.5 Å². The Kier molecular flexibility index (Phi) is 7.80. The van der Waals surface area contributed by atoms with E-state index in [1.54, 1.807) is 18.2 Å². The maximum atomic E-state index is 12.8. The number of fused-ring (bicyclic) bond motifs is 1. The Bertz CT molecular complexity index is 1170. The Labute approximate surface area is 201 Å². The van der Waals surface area contributed by atoms with Gasteiger partial charge in [0, 0.05) is 18.2 Å². The molecular formula is C26H24N2O7. The molecule has 1 atom stereocenters. The molecule has 2 N–H and O–H groups in total. The number of anilines is 1. The molecule has 4 rings (SSSR count). The molecule has 0 fully saturated rings. The fourth-order valence-corrected chi connectivity index (χ4v) is 3.36. The summed E-state index contributed by atoms with van der Waals surface area (Å²) in [5.74, 6) is -0.196. The van der Waals surface area contributed by atoms with Crippen LogP contribution in [0, 0.1) is 0 Å². The van der Waals surface area contributed by atoms with E-state index >= 15 is 0 Å². The number of alkyl carbamates (subject to hydrolysis) is 1. The molecule has 1 aliphatic rings. The van der Waals surface area contributed by atoms with Crippen LogP contribution in [0.1, 0.15) is 11.1 Å². The van der Waals surface area contributed by atoms with Crippen molar-refractivity contribution in [3.05, 3.63) is 90.0 Å². The Balaban J connectivity index is 1.32. The average molecular weight is 476 g/mol. The second kappa shape index (κ2) is 11.6. The third-order valence-electron chi connectivity index (χ3n) is 5.07. The zero-order valence-corrected chi connectivity index (χ0v) is 18.8. The van der Waals surface area contributed by atoms with E-state index in [2.05, 4.69) is 10.6 Å². The monoisotopic (exact) mass is 476 g/mol. The van der Waals surface area contributed by atoms with E-state index in [4.69, 9.17) is 18.9 Å². The number of esters is 1. The SMILES string of the molecule is O=C(COC(=O)[C@H](Cc1ccccc1)NC(=O)OCc1ccccc1)Nc1ccc2c(c1)OCO2. The van der Waals surface area contributed by atoms with E-state index < -0.39 is 30.6 Å². The van der Waals surface area contributed by atoms with E-state index in [0.717, 1.165) is 11.1 Å². The molecule has 9 nitrogen and oxygen atoms in total. The van der Waals surface area contributed by atoms with E-state index in [9.17, 15) is 14.4 Å². The summed E-state index contributed by atoms with van der Waals surface area (Å²) in [4.78, 5) is 37.4. The lowest BCUT2D eigenvalue weighted by molar-refractivity contribution is -0.149. The van der Waals surface area contributed by atoms with Crippen molar-refractivity contribution in [1.29, 1.82) is 0 Å². The van der Waals surface area contributed by atoms with Gasteiger partial charge in [0.05, 0.1) is 0 Å². The molecule has 0 aromatic heterocycles. The zero-order chi connectivity index (χ0) is 24.5. The van der Waals surface area contributed by atoms with Crippen molar-refractivity contribution in [2.45, 2.75) is 19.1 Å². The summed E-state index contributed by atoms with van der Waals surface area (Å²) in [6.45, 7) is -0.356. The molecule has 0 radical (unpaired) electrons. The Hall–Kier alpha value is -4.53. The molecule has 0 saturated heterocycles. The van der Waals surface area contributed by atoms with Gasteiger partial charge in [0.1, 0.15) is 12.6 Å². The fourth-order valence-electron chi connectivity index (χ4n) is 3.36. The first kappa shape index (κ1) is 23.6. The maximum absolute atomic E-state index is 12.8. The molecule has 2 amide bonds. The highest BCUT2D eigenvalue weighted by atomic mass is 16.7.